The number of para-hydroxylation sites is 1. The summed E-state index contributed by atoms with van der Waals surface area (Å²) in [6, 6.07) is 5.51. The van der Waals surface area contributed by atoms with E-state index in [1.54, 1.807) is 11.8 Å². The summed E-state index contributed by atoms with van der Waals surface area (Å²) in [6.45, 7) is 0. The second kappa shape index (κ2) is 4.95. The number of nitrogens with one attached hydrogen (secondary N) is 1. The molecule has 2 aliphatic rings. The Bertz CT molecular complexity index is 476. The lowest BCUT2D eigenvalue weighted by molar-refractivity contribution is 0.508. The number of rotatable bonds is 1. The van der Waals surface area contributed by atoms with Crippen LogP contribution in [-0.4, -0.2) is 16.5 Å². The highest BCUT2D eigenvalue weighted by molar-refractivity contribution is 8.14. The number of hydrogen-bond donors (Lipinski definition) is 1. The predicted molar refractivity (Wildman–Crippen MR) is 81.2 cm³/mol. The first-order valence-corrected chi connectivity index (χ1v) is 7.86. The Morgan fingerprint density at radius 2 is 1.83 bits per heavy atom. The average molecular weight is 301 g/mol. The molecule has 96 valence electrons. The lowest BCUT2D eigenvalue weighted by atomic mass is 10.0. The summed E-state index contributed by atoms with van der Waals surface area (Å²) in [5, 5.41) is 5.50. The largest absolute Gasteiger partial charge is 0.333 e. The van der Waals surface area contributed by atoms with Gasteiger partial charge in [0.2, 0.25) is 0 Å². The van der Waals surface area contributed by atoms with Crippen LogP contribution in [-0.2, 0) is 0 Å². The molecule has 0 aromatic heterocycles. The number of anilines is 1. The van der Waals surface area contributed by atoms with Crippen molar-refractivity contribution in [3.05, 3.63) is 28.2 Å². The highest BCUT2D eigenvalue weighted by atomic mass is 35.5. The minimum absolute atomic E-state index is 0.181. The van der Waals surface area contributed by atoms with Crippen LogP contribution in [0.3, 0.4) is 0 Å². The first-order chi connectivity index (χ1) is 8.69. The zero-order valence-corrected chi connectivity index (χ0v) is 12.2. The lowest BCUT2D eigenvalue weighted by Crippen LogP contribution is -2.21. The zero-order valence-electron chi connectivity index (χ0n) is 9.88. The highest BCUT2D eigenvalue weighted by Crippen LogP contribution is 2.42. The molecule has 0 bridgehead atoms. The van der Waals surface area contributed by atoms with E-state index in [1.807, 2.05) is 18.2 Å². The van der Waals surface area contributed by atoms with E-state index >= 15 is 0 Å². The van der Waals surface area contributed by atoms with Crippen molar-refractivity contribution < 1.29 is 0 Å². The van der Waals surface area contributed by atoms with Crippen molar-refractivity contribution in [3.8, 4) is 0 Å². The van der Waals surface area contributed by atoms with Crippen LogP contribution in [0, 0.1) is 0 Å². The third kappa shape index (κ3) is 2.36. The fourth-order valence-electron chi connectivity index (χ4n) is 2.56. The number of amidine groups is 1. The van der Waals surface area contributed by atoms with Crippen LogP contribution in [0.25, 0.3) is 0 Å². The SMILES string of the molecule is Clc1cccc(Cl)c1NC1=NC2(CCCC2)CS1. The monoisotopic (exact) mass is 300 g/mol. The van der Waals surface area contributed by atoms with Crippen LogP contribution in [0.2, 0.25) is 10.0 Å². The lowest BCUT2D eigenvalue weighted by Gasteiger charge is -2.16. The molecule has 0 saturated heterocycles. The van der Waals surface area contributed by atoms with E-state index in [4.69, 9.17) is 28.2 Å². The van der Waals surface area contributed by atoms with Gasteiger partial charge in [0.25, 0.3) is 0 Å². The quantitative estimate of drug-likeness (QED) is 0.804. The molecule has 1 aromatic carbocycles. The topological polar surface area (TPSA) is 24.4 Å². The van der Waals surface area contributed by atoms with Crippen LogP contribution in [0.4, 0.5) is 5.69 Å². The number of halogens is 2. The van der Waals surface area contributed by atoms with Gasteiger partial charge in [-0.05, 0) is 25.0 Å². The zero-order chi connectivity index (χ0) is 12.6. The maximum Gasteiger partial charge on any atom is 0.161 e. The summed E-state index contributed by atoms with van der Waals surface area (Å²) in [4.78, 5) is 4.85. The molecule has 0 radical (unpaired) electrons. The van der Waals surface area contributed by atoms with E-state index in [1.165, 1.54) is 25.7 Å². The van der Waals surface area contributed by atoms with Gasteiger partial charge < -0.3 is 5.32 Å². The maximum absolute atomic E-state index is 6.15. The molecule has 0 unspecified atom stereocenters. The fourth-order valence-corrected chi connectivity index (χ4v) is 4.24. The van der Waals surface area contributed by atoms with Gasteiger partial charge in [0.05, 0.1) is 21.3 Å². The molecule has 1 saturated carbocycles. The molecule has 1 aromatic rings. The average Bonchev–Trinajstić information content (AvgIpc) is 2.96. The Morgan fingerprint density at radius 3 is 2.50 bits per heavy atom. The van der Waals surface area contributed by atoms with Crippen LogP contribution in [0.1, 0.15) is 25.7 Å². The molecule has 1 spiro atoms. The van der Waals surface area contributed by atoms with Crippen molar-refractivity contribution in [2.24, 2.45) is 4.99 Å². The van der Waals surface area contributed by atoms with Gasteiger partial charge in [-0.2, -0.15) is 0 Å². The molecule has 0 atom stereocenters. The van der Waals surface area contributed by atoms with Gasteiger partial charge in [-0.15, -0.1) is 0 Å². The summed E-state index contributed by atoms with van der Waals surface area (Å²) in [7, 11) is 0. The van der Waals surface area contributed by atoms with Gasteiger partial charge in [0.15, 0.2) is 5.17 Å². The molecule has 1 N–H and O–H groups in total. The first kappa shape index (κ1) is 12.6. The summed E-state index contributed by atoms with van der Waals surface area (Å²) < 4.78 is 0. The summed E-state index contributed by atoms with van der Waals surface area (Å²) in [6.07, 6.45) is 5.01. The minimum atomic E-state index is 0.181. The van der Waals surface area contributed by atoms with Crippen molar-refractivity contribution in [1.29, 1.82) is 0 Å². The van der Waals surface area contributed by atoms with Gasteiger partial charge >= 0.3 is 0 Å². The maximum atomic E-state index is 6.15. The first-order valence-electron chi connectivity index (χ1n) is 6.12. The minimum Gasteiger partial charge on any atom is -0.333 e. The van der Waals surface area contributed by atoms with Crippen LogP contribution in [0.15, 0.2) is 23.2 Å². The number of nitrogens with zero attached hydrogens (tertiary/aromatic N) is 1. The second-order valence-electron chi connectivity index (χ2n) is 4.86. The Morgan fingerprint density at radius 1 is 1.17 bits per heavy atom. The van der Waals surface area contributed by atoms with Crippen LogP contribution in [0.5, 0.6) is 0 Å². The third-order valence-electron chi connectivity index (χ3n) is 3.55. The Hall–Kier alpha value is -0.380. The Balaban J connectivity index is 1.81. The summed E-state index contributed by atoms with van der Waals surface area (Å²) in [5.41, 5.74) is 0.947. The van der Waals surface area contributed by atoms with Gasteiger partial charge in [-0.25, -0.2) is 0 Å². The number of hydrogen-bond acceptors (Lipinski definition) is 3. The van der Waals surface area contributed by atoms with Gasteiger partial charge in [0, 0.05) is 5.75 Å². The predicted octanol–water partition coefficient (Wildman–Crippen LogP) is 4.82. The van der Waals surface area contributed by atoms with E-state index in [0.29, 0.717) is 10.0 Å². The summed E-state index contributed by atoms with van der Waals surface area (Å²) >= 11 is 14.1. The van der Waals surface area contributed by atoms with Crippen LogP contribution < -0.4 is 5.32 Å². The smallest absolute Gasteiger partial charge is 0.161 e. The van der Waals surface area contributed by atoms with Crippen LogP contribution >= 0.6 is 35.0 Å². The van der Waals surface area contributed by atoms with Crippen molar-refractivity contribution in [2.45, 2.75) is 31.2 Å². The molecule has 1 fully saturated rings. The molecule has 18 heavy (non-hydrogen) atoms. The Labute approximate surface area is 121 Å². The third-order valence-corrected chi connectivity index (χ3v) is 5.32. The molecule has 1 aliphatic carbocycles. The molecular weight excluding hydrogens is 287 g/mol. The van der Waals surface area contributed by atoms with E-state index in [9.17, 15) is 0 Å². The molecule has 1 heterocycles. The standard InChI is InChI=1S/C13H14Cl2N2S/c14-9-4-3-5-10(15)11(9)16-12-17-13(8-18-12)6-1-2-7-13/h3-5H,1-2,6-8H2,(H,16,17). The normalized spacial score (nSPS) is 21.3. The number of aliphatic imine (C=N–C) groups is 1. The Kier molecular flexibility index (Phi) is 3.48. The van der Waals surface area contributed by atoms with Crippen molar-refractivity contribution >= 4 is 45.8 Å². The number of thioether (sulfide) groups is 1. The van der Waals surface area contributed by atoms with Gasteiger partial charge in [0.1, 0.15) is 0 Å². The fraction of sp³-hybridized carbons (Fsp3) is 0.462. The molecule has 3 rings (SSSR count). The molecule has 2 nitrogen and oxygen atoms in total. The summed E-state index contributed by atoms with van der Waals surface area (Å²) in [5.74, 6) is 1.08. The van der Waals surface area contributed by atoms with E-state index in [-0.39, 0.29) is 5.54 Å². The van der Waals surface area contributed by atoms with Crippen molar-refractivity contribution in [1.82, 2.24) is 0 Å². The van der Waals surface area contributed by atoms with Gasteiger partial charge in [-0.1, -0.05) is 53.9 Å². The van der Waals surface area contributed by atoms with E-state index < -0.39 is 0 Å². The number of benzene rings is 1. The van der Waals surface area contributed by atoms with E-state index in [0.717, 1.165) is 16.6 Å². The van der Waals surface area contributed by atoms with E-state index in [2.05, 4.69) is 5.32 Å². The van der Waals surface area contributed by atoms with Crippen molar-refractivity contribution in [3.63, 3.8) is 0 Å². The molecule has 5 heteroatoms. The molecule has 0 amide bonds. The second-order valence-corrected chi connectivity index (χ2v) is 6.64. The van der Waals surface area contributed by atoms with Gasteiger partial charge in [-0.3, -0.25) is 4.99 Å². The molecule has 1 aliphatic heterocycles. The van der Waals surface area contributed by atoms with Crippen molar-refractivity contribution in [2.75, 3.05) is 11.1 Å². The molecular formula is C13H14Cl2N2S. The highest BCUT2D eigenvalue weighted by Gasteiger charge is 2.38.